The molecule has 5 nitrogen and oxygen atoms in total. The summed E-state index contributed by atoms with van der Waals surface area (Å²) < 4.78 is 1.89. The third kappa shape index (κ3) is 5.18. The maximum absolute atomic E-state index is 11.8. The predicted octanol–water partition coefficient (Wildman–Crippen LogP) is 3.06. The number of rotatable bonds is 9. The van der Waals surface area contributed by atoms with Gasteiger partial charge < -0.3 is 5.32 Å². The van der Waals surface area contributed by atoms with Crippen molar-refractivity contribution < 1.29 is 4.79 Å². The summed E-state index contributed by atoms with van der Waals surface area (Å²) in [5.41, 5.74) is 0.995. The largest absolute Gasteiger partial charge is 0.355 e. The van der Waals surface area contributed by atoms with Crippen LogP contribution >= 0.6 is 11.8 Å². The lowest BCUT2D eigenvalue weighted by Gasteiger charge is -2.06. The van der Waals surface area contributed by atoms with Crippen LogP contribution in [0.25, 0.3) is 5.69 Å². The van der Waals surface area contributed by atoms with E-state index in [1.54, 1.807) is 6.33 Å². The van der Waals surface area contributed by atoms with Crippen molar-refractivity contribution in [3.05, 3.63) is 36.7 Å². The van der Waals surface area contributed by atoms with Crippen LogP contribution in [0.2, 0.25) is 0 Å². The first-order valence-electron chi connectivity index (χ1n) is 7.66. The van der Waals surface area contributed by atoms with Crippen molar-refractivity contribution in [3.63, 3.8) is 0 Å². The average molecular weight is 318 g/mol. The van der Waals surface area contributed by atoms with Gasteiger partial charge in [-0.25, -0.2) is 0 Å². The highest BCUT2D eigenvalue weighted by Crippen LogP contribution is 2.18. The third-order valence-corrected chi connectivity index (χ3v) is 4.18. The second-order valence-electron chi connectivity index (χ2n) is 5.02. The Morgan fingerprint density at radius 2 is 2.05 bits per heavy atom. The predicted molar refractivity (Wildman–Crippen MR) is 89.2 cm³/mol. The van der Waals surface area contributed by atoms with Gasteiger partial charge in [0, 0.05) is 12.2 Å². The van der Waals surface area contributed by atoms with E-state index < -0.39 is 0 Å². The highest BCUT2D eigenvalue weighted by Gasteiger charge is 2.09. The molecule has 22 heavy (non-hydrogen) atoms. The van der Waals surface area contributed by atoms with Gasteiger partial charge in [-0.2, -0.15) is 0 Å². The number of aromatic nitrogens is 3. The van der Waals surface area contributed by atoms with Crippen LogP contribution in [-0.4, -0.2) is 33.0 Å². The van der Waals surface area contributed by atoms with Crippen molar-refractivity contribution in [2.24, 2.45) is 0 Å². The summed E-state index contributed by atoms with van der Waals surface area (Å²) >= 11 is 1.40. The van der Waals surface area contributed by atoms with Crippen molar-refractivity contribution in [3.8, 4) is 5.69 Å². The molecule has 1 aromatic carbocycles. The Labute approximate surface area is 135 Å². The molecule has 2 rings (SSSR count). The molecule has 1 amide bonds. The van der Waals surface area contributed by atoms with Crippen LogP contribution in [0, 0.1) is 0 Å². The van der Waals surface area contributed by atoms with E-state index in [4.69, 9.17) is 0 Å². The molecule has 6 heteroatoms. The molecule has 0 atom stereocenters. The summed E-state index contributed by atoms with van der Waals surface area (Å²) in [6, 6.07) is 9.87. The molecule has 0 saturated carbocycles. The van der Waals surface area contributed by atoms with Gasteiger partial charge >= 0.3 is 0 Å². The number of para-hydroxylation sites is 1. The summed E-state index contributed by atoms with van der Waals surface area (Å²) in [6.07, 6.45) is 6.32. The standard InChI is InChI=1S/C16H22N4OS/c1-2-3-4-8-11-17-15(21)12-22-16-19-18-13-20(16)14-9-6-5-7-10-14/h5-7,9-10,13H,2-4,8,11-12H2,1H3,(H,17,21). The minimum Gasteiger partial charge on any atom is -0.355 e. The van der Waals surface area contributed by atoms with Gasteiger partial charge in [-0.05, 0) is 18.6 Å². The Bertz CT molecular complexity index is 571. The maximum atomic E-state index is 11.8. The highest BCUT2D eigenvalue weighted by atomic mass is 32.2. The first kappa shape index (κ1) is 16.5. The van der Waals surface area contributed by atoms with Gasteiger partial charge in [0.15, 0.2) is 5.16 Å². The number of benzene rings is 1. The molecule has 0 aliphatic rings. The number of hydrogen-bond donors (Lipinski definition) is 1. The van der Waals surface area contributed by atoms with E-state index in [1.165, 1.54) is 31.0 Å². The van der Waals surface area contributed by atoms with Crippen molar-refractivity contribution in [2.45, 2.75) is 37.8 Å². The lowest BCUT2D eigenvalue weighted by Crippen LogP contribution is -2.26. The van der Waals surface area contributed by atoms with Crippen molar-refractivity contribution in [2.75, 3.05) is 12.3 Å². The van der Waals surface area contributed by atoms with Crippen LogP contribution in [0.4, 0.5) is 0 Å². The van der Waals surface area contributed by atoms with Gasteiger partial charge in [0.05, 0.1) is 5.75 Å². The van der Waals surface area contributed by atoms with Crippen LogP contribution in [0.5, 0.6) is 0 Å². The molecule has 0 unspecified atom stereocenters. The number of unbranched alkanes of at least 4 members (excludes halogenated alkanes) is 3. The Balaban J connectivity index is 1.78. The number of carbonyl (C=O) groups excluding carboxylic acids is 1. The van der Waals surface area contributed by atoms with E-state index >= 15 is 0 Å². The van der Waals surface area contributed by atoms with Crippen LogP contribution in [-0.2, 0) is 4.79 Å². The molecular formula is C16H22N4OS. The van der Waals surface area contributed by atoms with Crippen molar-refractivity contribution in [1.29, 1.82) is 0 Å². The average Bonchev–Trinajstić information content (AvgIpc) is 3.02. The molecule has 1 heterocycles. The van der Waals surface area contributed by atoms with Gasteiger partial charge in [-0.15, -0.1) is 10.2 Å². The summed E-state index contributed by atoms with van der Waals surface area (Å²) in [5, 5.41) is 11.7. The molecular weight excluding hydrogens is 296 g/mol. The molecule has 0 fully saturated rings. The molecule has 0 spiro atoms. The fraction of sp³-hybridized carbons (Fsp3) is 0.438. The molecule has 0 aliphatic carbocycles. The van der Waals surface area contributed by atoms with Crippen LogP contribution < -0.4 is 5.32 Å². The van der Waals surface area contributed by atoms with Crippen molar-refractivity contribution in [1.82, 2.24) is 20.1 Å². The third-order valence-electron chi connectivity index (χ3n) is 3.24. The smallest absolute Gasteiger partial charge is 0.230 e. The SMILES string of the molecule is CCCCCCNC(=O)CSc1nncn1-c1ccccc1. The zero-order valence-corrected chi connectivity index (χ0v) is 13.7. The molecule has 0 saturated heterocycles. The Morgan fingerprint density at radius 3 is 2.82 bits per heavy atom. The molecule has 2 aromatic rings. The second-order valence-corrected chi connectivity index (χ2v) is 5.96. The Kier molecular flexibility index (Phi) is 6.96. The number of amides is 1. The molecule has 118 valence electrons. The van der Waals surface area contributed by atoms with Gasteiger partial charge in [0.1, 0.15) is 6.33 Å². The lowest BCUT2D eigenvalue weighted by atomic mass is 10.2. The summed E-state index contributed by atoms with van der Waals surface area (Å²) in [5.74, 6) is 0.406. The number of thioether (sulfide) groups is 1. The summed E-state index contributed by atoms with van der Waals surface area (Å²) in [7, 11) is 0. The zero-order valence-electron chi connectivity index (χ0n) is 12.9. The Hall–Kier alpha value is -1.82. The van der Waals surface area contributed by atoms with Gasteiger partial charge in [-0.3, -0.25) is 9.36 Å². The highest BCUT2D eigenvalue weighted by molar-refractivity contribution is 7.99. The van der Waals surface area contributed by atoms with E-state index in [-0.39, 0.29) is 5.91 Å². The first-order chi connectivity index (χ1) is 10.8. The monoisotopic (exact) mass is 318 g/mol. The molecule has 1 N–H and O–H groups in total. The number of nitrogens with one attached hydrogen (secondary N) is 1. The number of nitrogens with zero attached hydrogens (tertiary/aromatic N) is 3. The van der Waals surface area contributed by atoms with Gasteiger partial charge in [-0.1, -0.05) is 56.1 Å². The zero-order chi connectivity index (χ0) is 15.6. The minimum atomic E-state index is 0.0455. The Morgan fingerprint density at radius 1 is 1.23 bits per heavy atom. The lowest BCUT2D eigenvalue weighted by molar-refractivity contribution is -0.118. The normalized spacial score (nSPS) is 10.6. The molecule has 0 radical (unpaired) electrons. The minimum absolute atomic E-state index is 0.0455. The molecule has 0 bridgehead atoms. The van der Waals surface area contributed by atoms with Crippen LogP contribution in [0.1, 0.15) is 32.6 Å². The maximum Gasteiger partial charge on any atom is 0.230 e. The van der Waals surface area contributed by atoms with Gasteiger partial charge in [0.2, 0.25) is 5.91 Å². The van der Waals surface area contributed by atoms with Crippen LogP contribution in [0.15, 0.2) is 41.8 Å². The molecule has 1 aromatic heterocycles. The fourth-order valence-corrected chi connectivity index (χ4v) is 2.81. The number of hydrogen-bond acceptors (Lipinski definition) is 4. The van der Waals surface area contributed by atoms with Gasteiger partial charge in [0.25, 0.3) is 0 Å². The van der Waals surface area contributed by atoms with E-state index in [0.29, 0.717) is 5.75 Å². The summed E-state index contributed by atoms with van der Waals surface area (Å²) in [4.78, 5) is 11.8. The number of carbonyl (C=O) groups is 1. The van der Waals surface area contributed by atoms with E-state index in [1.807, 2.05) is 34.9 Å². The van der Waals surface area contributed by atoms with E-state index in [2.05, 4.69) is 22.4 Å². The fourth-order valence-electron chi connectivity index (χ4n) is 2.05. The van der Waals surface area contributed by atoms with Crippen LogP contribution in [0.3, 0.4) is 0 Å². The van der Waals surface area contributed by atoms with E-state index in [0.717, 1.165) is 23.8 Å². The quantitative estimate of drug-likeness (QED) is 0.570. The molecule has 0 aliphatic heterocycles. The van der Waals surface area contributed by atoms with E-state index in [9.17, 15) is 4.79 Å². The first-order valence-corrected chi connectivity index (χ1v) is 8.64. The second kappa shape index (κ2) is 9.25. The summed E-state index contributed by atoms with van der Waals surface area (Å²) in [6.45, 7) is 2.93. The topological polar surface area (TPSA) is 59.8 Å². The van der Waals surface area contributed by atoms with Crippen molar-refractivity contribution >= 4 is 17.7 Å².